The van der Waals surface area contributed by atoms with Gasteiger partial charge in [-0.25, -0.2) is 15.0 Å². The second-order valence-corrected chi connectivity index (χ2v) is 16.3. The lowest BCUT2D eigenvalue weighted by molar-refractivity contribution is 1.07. The zero-order valence-electron chi connectivity index (χ0n) is 34.9. The number of hydrogen-bond acceptors (Lipinski definition) is 3. The highest BCUT2D eigenvalue weighted by Crippen LogP contribution is 2.44. The Morgan fingerprint density at radius 1 is 0.203 bits per heavy atom. The third-order valence-corrected chi connectivity index (χ3v) is 12.6. The number of rotatable bonds is 7. The minimum Gasteiger partial charge on any atom is -0.208 e. The molecule has 298 valence electrons. The number of benzene rings is 11. The fourth-order valence-corrected chi connectivity index (χ4v) is 9.42. The summed E-state index contributed by atoms with van der Waals surface area (Å²) in [5.41, 5.74) is 12.1. The highest BCUT2D eigenvalue weighted by Gasteiger charge is 2.19. The van der Waals surface area contributed by atoms with Gasteiger partial charge in [0.15, 0.2) is 17.5 Å². The van der Waals surface area contributed by atoms with Crippen LogP contribution in [0.2, 0.25) is 0 Å². The van der Waals surface area contributed by atoms with Crippen molar-refractivity contribution in [3.05, 3.63) is 237 Å². The summed E-state index contributed by atoms with van der Waals surface area (Å²) in [6.07, 6.45) is 0. The summed E-state index contributed by atoms with van der Waals surface area (Å²) < 4.78 is 0. The topological polar surface area (TPSA) is 38.7 Å². The molecular weight excluding hydrogens is 775 g/mol. The van der Waals surface area contributed by atoms with Crippen LogP contribution in [0, 0.1) is 0 Å². The van der Waals surface area contributed by atoms with Crippen molar-refractivity contribution in [2.45, 2.75) is 0 Å². The molecule has 0 N–H and O–H groups in total. The van der Waals surface area contributed by atoms with Crippen LogP contribution in [0.3, 0.4) is 0 Å². The Morgan fingerprint density at radius 3 is 1.34 bits per heavy atom. The third-order valence-electron chi connectivity index (χ3n) is 12.6. The van der Waals surface area contributed by atoms with E-state index in [4.69, 9.17) is 15.0 Å². The van der Waals surface area contributed by atoms with Crippen LogP contribution < -0.4 is 0 Å². The SMILES string of the molecule is c1ccc(-c2ccc(-c3nc(-c4ccc(-c5ccc(-c6c7ccccc7cc7c6ccc6ccccc67)c6ccccc56)cc4)nc(-c4ccccc4-c4ccccc4)n3)cc2)cc1. The Kier molecular flexibility index (Phi) is 9.16. The van der Waals surface area contributed by atoms with Crippen molar-refractivity contribution in [3.8, 4) is 78.7 Å². The van der Waals surface area contributed by atoms with Crippen molar-refractivity contribution in [3.63, 3.8) is 0 Å². The molecule has 0 saturated carbocycles. The van der Waals surface area contributed by atoms with Gasteiger partial charge in [-0.2, -0.15) is 0 Å². The molecule has 0 saturated heterocycles. The maximum absolute atomic E-state index is 5.19. The molecule has 0 aliphatic carbocycles. The Labute approximate surface area is 371 Å². The summed E-state index contributed by atoms with van der Waals surface area (Å²) in [5, 5.41) is 9.96. The van der Waals surface area contributed by atoms with E-state index in [0.717, 1.165) is 38.9 Å². The molecule has 12 aromatic rings. The second-order valence-electron chi connectivity index (χ2n) is 16.3. The van der Waals surface area contributed by atoms with E-state index < -0.39 is 0 Å². The van der Waals surface area contributed by atoms with Gasteiger partial charge >= 0.3 is 0 Å². The average Bonchev–Trinajstić information content (AvgIpc) is 3.38. The van der Waals surface area contributed by atoms with Crippen LogP contribution in [0.4, 0.5) is 0 Å². The summed E-state index contributed by atoms with van der Waals surface area (Å²) >= 11 is 0. The van der Waals surface area contributed by atoms with Crippen LogP contribution in [0.15, 0.2) is 237 Å². The Bertz CT molecular complexity index is 3690. The van der Waals surface area contributed by atoms with Gasteiger partial charge in [0, 0.05) is 16.7 Å². The predicted molar refractivity (Wildman–Crippen MR) is 268 cm³/mol. The first-order valence-corrected chi connectivity index (χ1v) is 21.8. The van der Waals surface area contributed by atoms with Crippen molar-refractivity contribution < 1.29 is 0 Å². The summed E-state index contributed by atoms with van der Waals surface area (Å²) in [6.45, 7) is 0. The standard InChI is InChI=1S/C61H39N3/c1-3-15-40(16-4-1)41-27-31-45(32-28-41)59-62-60(64-61(63-59)56-26-14-11-21-48(56)42-17-5-2-6-18-42)46-33-29-44(30-34-46)50-37-38-54(53-25-13-12-24-52(50)53)58-51-23-10-8-20-47(51)39-57-49-22-9-7-19-43(49)35-36-55(57)58/h1-39H. The predicted octanol–water partition coefficient (Wildman–Crippen LogP) is 16.2. The van der Waals surface area contributed by atoms with Gasteiger partial charge in [-0.05, 0) is 93.7 Å². The molecule has 0 aliphatic heterocycles. The zero-order valence-corrected chi connectivity index (χ0v) is 34.9. The normalized spacial score (nSPS) is 11.4. The number of fused-ring (bicyclic) bond motifs is 5. The highest BCUT2D eigenvalue weighted by atomic mass is 15.0. The molecule has 0 fully saturated rings. The molecule has 0 atom stereocenters. The Balaban J connectivity index is 0.975. The molecular formula is C61H39N3. The number of aromatic nitrogens is 3. The van der Waals surface area contributed by atoms with Crippen molar-refractivity contribution in [2.24, 2.45) is 0 Å². The van der Waals surface area contributed by atoms with E-state index >= 15 is 0 Å². The van der Waals surface area contributed by atoms with Crippen LogP contribution in [-0.4, -0.2) is 15.0 Å². The molecule has 64 heavy (non-hydrogen) atoms. The molecule has 3 heteroatoms. The van der Waals surface area contributed by atoms with Crippen LogP contribution in [0.1, 0.15) is 0 Å². The summed E-state index contributed by atoms with van der Waals surface area (Å²) in [7, 11) is 0. The van der Waals surface area contributed by atoms with Gasteiger partial charge in [-0.15, -0.1) is 0 Å². The first-order valence-electron chi connectivity index (χ1n) is 21.8. The van der Waals surface area contributed by atoms with Gasteiger partial charge in [-0.1, -0.05) is 231 Å². The van der Waals surface area contributed by atoms with Gasteiger partial charge < -0.3 is 0 Å². The lowest BCUT2D eigenvalue weighted by Crippen LogP contribution is -2.01. The fourth-order valence-electron chi connectivity index (χ4n) is 9.42. The van der Waals surface area contributed by atoms with E-state index in [-0.39, 0.29) is 0 Å². The quantitative estimate of drug-likeness (QED) is 0.119. The summed E-state index contributed by atoms with van der Waals surface area (Å²) in [5.74, 6) is 1.88. The van der Waals surface area contributed by atoms with Gasteiger partial charge in [0.1, 0.15) is 0 Å². The first kappa shape index (κ1) is 37.2. The van der Waals surface area contributed by atoms with Gasteiger partial charge in [0.25, 0.3) is 0 Å². The fraction of sp³-hybridized carbons (Fsp3) is 0. The van der Waals surface area contributed by atoms with E-state index in [1.165, 1.54) is 65.3 Å². The van der Waals surface area contributed by atoms with Crippen LogP contribution >= 0.6 is 0 Å². The molecule has 0 aliphatic rings. The monoisotopic (exact) mass is 813 g/mol. The summed E-state index contributed by atoms with van der Waals surface area (Å²) in [4.78, 5) is 15.5. The van der Waals surface area contributed by atoms with E-state index in [0.29, 0.717) is 17.5 Å². The smallest absolute Gasteiger partial charge is 0.164 e. The molecule has 0 amide bonds. The first-order chi connectivity index (χ1) is 31.7. The Hall–Kier alpha value is -8.53. The second kappa shape index (κ2) is 15.7. The molecule has 11 aromatic carbocycles. The van der Waals surface area contributed by atoms with Crippen LogP contribution in [0.25, 0.3) is 122 Å². The molecule has 0 radical (unpaired) electrons. The average molecular weight is 814 g/mol. The minimum absolute atomic E-state index is 0.622. The number of hydrogen-bond donors (Lipinski definition) is 0. The van der Waals surface area contributed by atoms with Crippen LogP contribution in [0.5, 0.6) is 0 Å². The maximum atomic E-state index is 5.19. The van der Waals surface area contributed by atoms with Crippen LogP contribution in [-0.2, 0) is 0 Å². The zero-order chi connectivity index (χ0) is 42.4. The van der Waals surface area contributed by atoms with Crippen molar-refractivity contribution in [1.82, 2.24) is 15.0 Å². The van der Waals surface area contributed by atoms with E-state index in [9.17, 15) is 0 Å². The van der Waals surface area contributed by atoms with Crippen molar-refractivity contribution in [1.29, 1.82) is 0 Å². The van der Waals surface area contributed by atoms with E-state index in [1.54, 1.807) is 0 Å². The molecule has 0 bridgehead atoms. The lowest BCUT2D eigenvalue weighted by Gasteiger charge is -2.17. The maximum Gasteiger partial charge on any atom is 0.164 e. The summed E-state index contributed by atoms with van der Waals surface area (Å²) in [6, 6.07) is 84.2. The van der Waals surface area contributed by atoms with E-state index in [1.807, 2.05) is 12.1 Å². The van der Waals surface area contributed by atoms with Gasteiger partial charge in [0.05, 0.1) is 0 Å². The van der Waals surface area contributed by atoms with E-state index in [2.05, 4.69) is 224 Å². The molecule has 0 spiro atoms. The van der Waals surface area contributed by atoms with Gasteiger partial charge in [0.2, 0.25) is 0 Å². The van der Waals surface area contributed by atoms with Crippen molar-refractivity contribution in [2.75, 3.05) is 0 Å². The lowest BCUT2D eigenvalue weighted by atomic mass is 9.86. The third kappa shape index (κ3) is 6.59. The minimum atomic E-state index is 0.622. The Morgan fingerprint density at radius 2 is 0.656 bits per heavy atom. The molecule has 0 unspecified atom stereocenters. The highest BCUT2D eigenvalue weighted by molar-refractivity contribution is 6.23. The number of nitrogens with zero attached hydrogens (tertiary/aromatic N) is 3. The molecule has 3 nitrogen and oxygen atoms in total. The van der Waals surface area contributed by atoms with Crippen molar-refractivity contribution >= 4 is 43.1 Å². The molecule has 1 aromatic heterocycles. The van der Waals surface area contributed by atoms with Gasteiger partial charge in [-0.3, -0.25) is 0 Å². The molecule has 1 heterocycles. The largest absolute Gasteiger partial charge is 0.208 e. The molecule has 12 rings (SSSR count).